The van der Waals surface area contributed by atoms with Crippen LogP contribution in [-0.2, 0) is 9.59 Å². The molecule has 0 rings (SSSR count). The van der Waals surface area contributed by atoms with E-state index in [4.69, 9.17) is 10.2 Å². The van der Waals surface area contributed by atoms with Crippen LogP contribution < -0.4 is 0 Å². The molecular weight excluding hydrogens is 183 g/mol. The molecule has 0 aromatic carbocycles. The van der Waals surface area contributed by atoms with Gasteiger partial charge in [-0.2, -0.15) is 0 Å². The van der Waals surface area contributed by atoms with Gasteiger partial charge in [-0.1, -0.05) is 0 Å². The van der Waals surface area contributed by atoms with Crippen LogP contribution in [0.2, 0.25) is 0 Å². The molecule has 0 aliphatic carbocycles. The zero-order valence-corrected chi connectivity index (χ0v) is 6.57. The fourth-order valence-corrected chi connectivity index (χ4v) is 0.214. The summed E-state index contributed by atoms with van der Waals surface area (Å²) in [7, 11) is 0. The van der Waals surface area contributed by atoms with Gasteiger partial charge in [0.25, 0.3) is 0 Å². The molecule has 0 spiro atoms. The van der Waals surface area contributed by atoms with E-state index in [0.717, 1.165) is 0 Å². The van der Waals surface area contributed by atoms with Gasteiger partial charge in [-0.25, -0.2) is 0 Å². The fraction of sp³-hybridized carbons (Fsp3) is 0.500. The molecule has 0 aromatic rings. The van der Waals surface area contributed by atoms with Crippen LogP contribution in [0.25, 0.3) is 0 Å². The number of aliphatic carboxylic acids is 2. The maximum absolute atomic E-state index is 9.64. The Bertz CT molecular complexity index is 99.8. The van der Waals surface area contributed by atoms with Crippen LogP contribution in [0.15, 0.2) is 0 Å². The van der Waals surface area contributed by atoms with E-state index in [9.17, 15) is 9.59 Å². The summed E-state index contributed by atoms with van der Waals surface area (Å²) < 4.78 is 0. The van der Waals surface area contributed by atoms with Gasteiger partial charge >= 0.3 is 11.9 Å². The first-order chi connectivity index (χ1) is 3.63. The first-order valence-corrected chi connectivity index (χ1v) is 2.06. The lowest BCUT2D eigenvalue weighted by Crippen LogP contribution is -2.00. The molecule has 0 bridgehead atoms. The number of rotatable bonds is 3. The van der Waals surface area contributed by atoms with Crippen LogP contribution in [0.5, 0.6) is 0 Å². The van der Waals surface area contributed by atoms with Gasteiger partial charge in [-0.15, -0.1) is 24.8 Å². The van der Waals surface area contributed by atoms with E-state index in [0.29, 0.717) is 0 Å². The summed E-state index contributed by atoms with van der Waals surface area (Å²) in [4.78, 5) is 19.3. The van der Waals surface area contributed by atoms with E-state index in [1.54, 1.807) is 0 Å². The van der Waals surface area contributed by atoms with Gasteiger partial charge in [-0.05, 0) is 0 Å². The third kappa shape index (κ3) is 15.6. The highest BCUT2D eigenvalue weighted by Gasteiger charge is 2.00. The molecule has 10 heavy (non-hydrogen) atoms. The minimum Gasteiger partial charge on any atom is -0.481 e. The molecule has 4 nitrogen and oxygen atoms in total. The van der Waals surface area contributed by atoms with Crippen molar-refractivity contribution < 1.29 is 19.8 Å². The van der Waals surface area contributed by atoms with Crippen molar-refractivity contribution in [3.63, 3.8) is 0 Å². The Morgan fingerprint density at radius 3 is 1.20 bits per heavy atom. The van der Waals surface area contributed by atoms with E-state index >= 15 is 0 Å². The van der Waals surface area contributed by atoms with Crippen LogP contribution in [0.4, 0.5) is 0 Å². The summed E-state index contributed by atoms with van der Waals surface area (Å²) >= 11 is 0. The van der Waals surface area contributed by atoms with Crippen molar-refractivity contribution in [3.8, 4) is 0 Å². The van der Waals surface area contributed by atoms with Crippen LogP contribution in [0, 0.1) is 0 Å². The summed E-state index contributed by atoms with van der Waals surface area (Å²) in [6.07, 6.45) is -0.593. The smallest absolute Gasteiger partial charge is 0.303 e. The molecular formula is C4H8Cl2O4. The molecule has 6 heteroatoms. The minimum absolute atomic E-state index is 0. The maximum Gasteiger partial charge on any atom is 0.303 e. The zero-order valence-electron chi connectivity index (χ0n) is 4.94. The minimum atomic E-state index is -1.08. The van der Waals surface area contributed by atoms with E-state index in [-0.39, 0.29) is 37.7 Å². The number of hydrogen-bond donors (Lipinski definition) is 2. The van der Waals surface area contributed by atoms with E-state index in [1.165, 1.54) is 0 Å². The van der Waals surface area contributed by atoms with Gasteiger partial charge in [0.05, 0.1) is 12.8 Å². The van der Waals surface area contributed by atoms with Crippen molar-refractivity contribution in [1.29, 1.82) is 0 Å². The normalized spacial score (nSPS) is 6.80. The van der Waals surface area contributed by atoms with Crippen molar-refractivity contribution >= 4 is 36.8 Å². The summed E-state index contributed by atoms with van der Waals surface area (Å²) in [5.74, 6) is -2.15. The number of carboxylic acid groups (broad SMARTS) is 2. The first kappa shape index (κ1) is 16.3. The Morgan fingerprint density at radius 1 is 0.900 bits per heavy atom. The summed E-state index contributed by atoms with van der Waals surface area (Å²) in [5, 5.41) is 15.8. The summed E-state index contributed by atoms with van der Waals surface area (Å²) in [6, 6.07) is 0. The zero-order chi connectivity index (χ0) is 6.57. The number of carboxylic acids is 2. The Kier molecular flexibility index (Phi) is 13.9. The van der Waals surface area contributed by atoms with Crippen molar-refractivity contribution in [3.05, 3.63) is 0 Å². The molecule has 0 aromatic heterocycles. The van der Waals surface area contributed by atoms with Gasteiger partial charge in [0.2, 0.25) is 0 Å². The monoisotopic (exact) mass is 190 g/mol. The molecule has 0 fully saturated rings. The maximum atomic E-state index is 9.64. The van der Waals surface area contributed by atoms with Crippen LogP contribution >= 0.6 is 24.8 Å². The van der Waals surface area contributed by atoms with Crippen molar-refractivity contribution in [2.75, 3.05) is 0 Å². The Labute approximate surface area is 70.1 Å². The van der Waals surface area contributed by atoms with Crippen LogP contribution in [0.3, 0.4) is 0 Å². The predicted molar refractivity (Wildman–Crippen MR) is 39.0 cm³/mol. The molecule has 0 radical (unpaired) electrons. The SMILES string of the molecule is Cl.Cl.O=C(O)CCC(=O)O. The third-order valence-electron chi connectivity index (χ3n) is 0.553. The molecule has 0 amide bonds. The van der Waals surface area contributed by atoms with Crippen LogP contribution in [-0.4, -0.2) is 22.2 Å². The summed E-state index contributed by atoms with van der Waals surface area (Å²) in [6.45, 7) is 0. The molecule has 0 atom stereocenters. The molecule has 0 heterocycles. The van der Waals surface area contributed by atoms with Gasteiger partial charge in [-0.3, -0.25) is 9.59 Å². The Balaban J connectivity index is -0.000000245. The van der Waals surface area contributed by atoms with Crippen molar-refractivity contribution in [2.24, 2.45) is 0 Å². The molecule has 0 saturated carbocycles. The third-order valence-corrected chi connectivity index (χ3v) is 0.553. The average molecular weight is 191 g/mol. The van der Waals surface area contributed by atoms with Crippen LogP contribution in [0.1, 0.15) is 12.8 Å². The van der Waals surface area contributed by atoms with Crippen molar-refractivity contribution in [2.45, 2.75) is 12.8 Å². The molecule has 0 aliphatic rings. The highest BCUT2D eigenvalue weighted by atomic mass is 35.5. The molecule has 62 valence electrons. The molecule has 0 aliphatic heterocycles. The molecule has 0 saturated heterocycles. The Morgan fingerprint density at radius 2 is 1.10 bits per heavy atom. The van der Waals surface area contributed by atoms with Crippen molar-refractivity contribution in [1.82, 2.24) is 0 Å². The lowest BCUT2D eigenvalue weighted by Gasteiger charge is -1.85. The second-order valence-corrected chi connectivity index (χ2v) is 1.29. The lowest BCUT2D eigenvalue weighted by molar-refractivity contribution is -0.143. The molecule has 0 unspecified atom stereocenters. The average Bonchev–Trinajstić information content (AvgIpc) is 1.61. The lowest BCUT2D eigenvalue weighted by atomic mass is 10.3. The second-order valence-electron chi connectivity index (χ2n) is 1.29. The predicted octanol–water partition coefficient (Wildman–Crippen LogP) is 0.779. The highest BCUT2D eigenvalue weighted by molar-refractivity contribution is 5.85. The largest absolute Gasteiger partial charge is 0.481 e. The standard InChI is InChI=1S/C4H6O4.2ClH/c5-3(6)1-2-4(7)8;;/h1-2H2,(H,5,6)(H,7,8);2*1H. The molecule has 2 N–H and O–H groups in total. The van der Waals surface area contributed by atoms with Gasteiger partial charge in [0, 0.05) is 0 Å². The number of carbonyl (C=O) groups is 2. The number of hydrogen-bond acceptors (Lipinski definition) is 2. The van der Waals surface area contributed by atoms with Gasteiger partial charge < -0.3 is 10.2 Å². The quantitative estimate of drug-likeness (QED) is 0.691. The number of halogens is 2. The Hall–Kier alpha value is -0.480. The van der Waals surface area contributed by atoms with E-state index < -0.39 is 11.9 Å². The topological polar surface area (TPSA) is 74.6 Å². The van der Waals surface area contributed by atoms with E-state index in [2.05, 4.69) is 0 Å². The first-order valence-electron chi connectivity index (χ1n) is 2.06. The second kappa shape index (κ2) is 8.52. The van der Waals surface area contributed by atoms with Gasteiger partial charge in [0.1, 0.15) is 0 Å². The highest BCUT2D eigenvalue weighted by Crippen LogP contribution is 1.85. The van der Waals surface area contributed by atoms with Gasteiger partial charge in [0.15, 0.2) is 0 Å². The fourth-order valence-electron chi connectivity index (χ4n) is 0.214. The van der Waals surface area contributed by atoms with E-state index in [1.807, 2.05) is 0 Å². The summed E-state index contributed by atoms with van der Waals surface area (Å²) in [5.41, 5.74) is 0.